The Hall–Kier alpha value is -3.15. The number of amides is 1. The molecule has 1 aliphatic rings. The Kier molecular flexibility index (Phi) is 4.86. The number of methoxy groups -OCH3 is 1. The summed E-state index contributed by atoms with van der Waals surface area (Å²) in [6, 6.07) is 15.7. The fraction of sp³-hybridized carbons (Fsp3) is 0.348. The van der Waals surface area contributed by atoms with Gasteiger partial charge in [0.15, 0.2) is 0 Å². The van der Waals surface area contributed by atoms with Crippen molar-refractivity contribution in [1.82, 2.24) is 14.9 Å². The predicted octanol–water partition coefficient (Wildman–Crippen LogP) is 4.64. The molecular weight excluding hydrogens is 366 g/mol. The van der Waals surface area contributed by atoms with Crippen LogP contribution in [0.2, 0.25) is 0 Å². The maximum atomic E-state index is 12.3. The SMILES string of the molecule is COc1cccc(-c2nc3ccccc3nc2C2CN(C(=O)OC(C)(C)C)C2)c1. The first-order valence-corrected chi connectivity index (χ1v) is 9.73. The van der Waals surface area contributed by atoms with E-state index in [1.54, 1.807) is 12.0 Å². The lowest BCUT2D eigenvalue weighted by atomic mass is 9.92. The van der Waals surface area contributed by atoms with Gasteiger partial charge in [0.05, 0.1) is 29.5 Å². The van der Waals surface area contributed by atoms with Crippen molar-refractivity contribution in [2.24, 2.45) is 0 Å². The van der Waals surface area contributed by atoms with Gasteiger partial charge in [0.25, 0.3) is 0 Å². The zero-order valence-corrected chi connectivity index (χ0v) is 17.2. The summed E-state index contributed by atoms with van der Waals surface area (Å²) in [5.41, 5.74) is 3.88. The van der Waals surface area contributed by atoms with Gasteiger partial charge in [-0.3, -0.25) is 0 Å². The number of fused-ring (bicyclic) bond motifs is 1. The van der Waals surface area contributed by atoms with Crippen molar-refractivity contribution in [2.45, 2.75) is 32.3 Å². The van der Waals surface area contributed by atoms with Gasteiger partial charge in [0.2, 0.25) is 0 Å². The molecule has 4 rings (SSSR count). The van der Waals surface area contributed by atoms with Crippen LogP contribution in [-0.4, -0.2) is 46.8 Å². The largest absolute Gasteiger partial charge is 0.497 e. The highest BCUT2D eigenvalue weighted by Gasteiger charge is 2.37. The number of hydrogen-bond acceptors (Lipinski definition) is 5. The number of hydrogen-bond donors (Lipinski definition) is 0. The maximum Gasteiger partial charge on any atom is 0.410 e. The lowest BCUT2D eigenvalue weighted by Crippen LogP contribution is -2.50. The maximum absolute atomic E-state index is 12.3. The Morgan fingerprint density at radius 1 is 1.03 bits per heavy atom. The van der Waals surface area contributed by atoms with E-state index in [4.69, 9.17) is 19.4 Å². The van der Waals surface area contributed by atoms with Crippen LogP contribution in [0, 0.1) is 0 Å². The number of likely N-dealkylation sites (tertiary alicyclic amines) is 1. The molecule has 0 saturated carbocycles. The average molecular weight is 391 g/mol. The van der Waals surface area contributed by atoms with Gasteiger partial charge in [-0.15, -0.1) is 0 Å². The number of nitrogens with zero attached hydrogens (tertiary/aromatic N) is 3. The summed E-state index contributed by atoms with van der Waals surface area (Å²) in [4.78, 5) is 23.8. The lowest BCUT2D eigenvalue weighted by molar-refractivity contribution is 0.00792. The minimum atomic E-state index is -0.503. The molecule has 2 heterocycles. The zero-order valence-electron chi connectivity index (χ0n) is 17.2. The Morgan fingerprint density at radius 2 is 1.72 bits per heavy atom. The molecule has 1 fully saturated rings. The molecule has 0 N–H and O–H groups in total. The van der Waals surface area contributed by atoms with Gasteiger partial charge < -0.3 is 14.4 Å². The van der Waals surface area contributed by atoms with E-state index in [9.17, 15) is 4.79 Å². The zero-order chi connectivity index (χ0) is 20.6. The van der Waals surface area contributed by atoms with E-state index in [2.05, 4.69) is 0 Å². The van der Waals surface area contributed by atoms with E-state index in [-0.39, 0.29) is 12.0 Å². The van der Waals surface area contributed by atoms with Crippen LogP contribution in [0.25, 0.3) is 22.3 Å². The lowest BCUT2D eigenvalue weighted by Gasteiger charge is -2.39. The second-order valence-corrected chi connectivity index (χ2v) is 8.26. The molecule has 1 aliphatic heterocycles. The van der Waals surface area contributed by atoms with E-state index in [0.29, 0.717) is 13.1 Å². The molecule has 3 aromatic rings. The van der Waals surface area contributed by atoms with E-state index >= 15 is 0 Å². The van der Waals surface area contributed by atoms with Crippen molar-refractivity contribution in [2.75, 3.05) is 20.2 Å². The summed E-state index contributed by atoms with van der Waals surface area (Å²) in [6.07, 6.45) is -0.287. The van der Waals surface area contributed by atoms with Crippen LogP contribution in [-0.2, 0) is 4.74 Å². The van der Waals surface area contributed by atoms with Crippen molar-refractivity contribution < 1.29 is 14.3 Å². The van der Waals surface area contributed by atoms with Crippen LogP contribution in [0.4, 0.5) is 4.79 Å². The third kappa shape index (κ3) is 4.01. The second-order valence-electron chi connectivity index (χ2n) is 8.26. The third-order valence-electron chi connectivity index (χ3n) is 4.86. The normalized spacial score (nSPS) is 14.6. The number of carbonyl (C=O) groups is 1. The number of para-hydroxylation sites is 2. The molecule has 0 unspecified atom stereocenters. The van der Waals surface area contributed by atoms with Crippen LogP contribution in [0.1, 0.15) is 32.4 Å². The number of rotatable bonds is 3. The number of benzene rings is 2. The summed E-state index contributed by atoms with van der Waals surface area (Å²) < 4.78 is 10.9. The van der Waals surface area contributed by atoms with Gasteiger partial charge in [-0.05, 0) is 45.0 Å². The van der Waals surface area contributed by atoms with E-state index in [0.717, 1.165) is 33.7 Å². The van der Waals surface area contributed by atoms with Crippen LogP contribution < -0.4 is 4.74 Å². The highest BCUT2D eigenvalue weighted by Crippen LogP contribution is 2.35. The van der Waals surface area contributed by atoms with Crippen molar-refractivity contribution in [3.63, 3.8) is 0 Å². The molecule has 2 aromatic carbocycles. The second kappa shape index (κ2) is 7.35. The van der Waals surface area contributed by atoms with Gasteiger partial charge in [0, 0.05) is 24.6 Å². The molecule has 6 nitrogen and oxygen atoms in total. The van der Waals surface area contributed by atoms with Crippen LogP contribution in [0.5, 0.6) is 5.75 Å². The smallest absolute Gasteiger partial charge is 0.410 e. The van der Waals surface area contributed by atoms with Gasteiger partial charge in [-0.1, -0.05) is 24.3 Å². The molecule has 1 aromatic heterocycles. The summed E-state index contributed by atoms with van der Waals surface area (Å²) >= 11 is 0. The predicted molar refractivity (Wildman–Crippen MR) is 112 cm³/mol. The fourth-order valence-electron chi connectivity index (χ4n) is 3.41. The molecular formula is C23H25N3O3. The summed E-state index contributed by atoms with van der Waals surface area (Å²) in [5.74, 6) is 0.883. The molecule has 6 heteroatoms. The Balaban J connectivity index is 1.68. The quantitative estimate of drug-likeness (QED) is 0.651. The Labute approximate surface area is 170 Å². The molecule has 0 bridgehead atoms. The van der Waals surface area contributed by atoms with Gasteiger partial charge in [-0.2, -0.15) is 0 Å². The topological polar surface area (TPSA) is 64.6 Å². The van der Waals surface area contributed by atoms with E-state index < -0.39 is 5.60 Å². The molecule has 0 aliphatic carbocycles. The van der Waals surface area contributed by atoms with Gasteiger partial charge >= 0.3 is 6.09 Å². The first kappa shape index (κ1) is 19.2. The van der Waals surface area contributed by atoms with Crippen molar-refractivity contribution in [3.05, 3.63) is 54.2 Å². The summed E-state index contributed by atoms with van der Waals surface area (Å²) in [5, 5.41) is 0. The monoisotopic (exact) mass is 391 g/mol. The van der Waals surface area contributed by atoms with Crippen molar-refractivity contribution in [1.29, 1.82) is 0 Å². The van der Waals surface area contributed by atoms with Crippen molar-refractivity contribution in [3.8, 4) is 17.0 Å². The number of carbonyl (C=O) groups excluding carboxylic acids is 1. The number of ether oxygens (including phenoxy) is 2. The highest BCUT2D eigenvalue weighted by molar-refractivity contribution is 5.79. The summed E-state index contributed by atoms with van der Waals surface area (Å²) in [6.45, 7) is 6.76. The first-order chi connectivity index (χ1) is 13.8. The molecule has 1 amide bonds. The van der Waals surface area contributed by atoms with Gasteiger partial charge in [-0.25, -0.2) is 14.8 Å². The fourth-order valence-corrected chi connectivity index (χ4v) is 3.41. The average Bonchev–Trinajstić information content (AvgIpc) is 2.65. The minimum absolute atomic E-state index is 0.112. The molecule has 0 spiro atoms. The van der Waals surface area contributed by atoms with Crippen LogP contribution in [0.15, 0.2) is 48.5 Å². The van der Waals surface area contributed by atoms with E-state index in [1.807, 2.05) is 69.3 Å². The first-order valence-electron chi connectivity index (χ1n) is 9.73. The van der Waals surface area contributed by atoms with Crippen LogP contribution in [0.3, 0.4) is 0 Å². The van der Waals surface area contributed by atoms with E-state index in [1.165, 1.54) is 0 Å². The van der Waals surface area contributed by atoms with Crippen LogP contribution >= 0.6 is 0 Å². The standard InChI is InChI=1S/C23H25N3O3/c1-23(2,3)29-22(27)26-13-16(14-26)21-20(15-8-7-9-17(12-15)28-4)24-18-10-5-6-11-19(18)25-21/h5-12,16H,13-14H2,1-4H3. The molecule has 29 heavy (non-hydrogen) atoms. The minimum Gasteiger partial charge on any atom is -0.497 e. The number of aromatic nitrogens is 2. The molecule has 0 atom stereocenters. The van der Waals surface area contributed by atoms with Gasteiger partial charge in [0.1, 0.15) is 11.4 Å². The highest BCUT2D eigenvalue weighted by atomic mass is 16.6. The molecule has 1 saturated heterocycles. The summed E-state index contributed by atoms with van der Waals surface area (Å²) in [7, 11) is 1.65. The third-order valence-corrected chi connectivity index (χ3v) is 4.86. The molecule has 0 radical (unpaired) electrons. The Morgan fingerprint density at radius 3 is 2.38 bits per heavy atom. The molecule has 150 valence electrons. The van der Waals surface area contributed by atoms with Crippen molar-refractivity contribution >= 4 is 17.1 Å². The Bertz CT molecular complexity index is 1050.